The average Bonchev–Trinajstić information content (AvgIpc) is 3.47. The first-order valence-corrected chi connectivity index (χ1v) is 13.3. The van der Waals surface area contributed by atoms with Crippen LogP contribution in [0.25, 0.3) is 22.7 Å². The minimum Gasteiger partial charge on any atom is -0.360 e. The quantitative estimate of drug-likeness (QED) is 0.432. The molecule has 2 N–H and O–H groups in total. The van der Waals surface area contributed by atoms with Crippen LogP contribution in [-0.4, -0.2) is 51.3 Å². The third-order valence-corrected chi connectivity index (χ3v) is 7.64. The summed E-state index contributed by atoms with van der Waals surface area (Å²) >= 11 is 1.06. The number of benzene rings is 1. The lowest BCUT2D eigenvalue weighted by Gasteiger charge is -2.32. The van der Waals surface area contributed by atoms with Crippen LogP contribution in [0, 0.1) is 22.7 Å². The number of fused-ring (bicyclic) bond motifs is 1. The van der Waals surface area contributed by atoms with Crippen molar-refractivity contribution in [2.75, 3.05) is 31.5 Å². The molecule has 1 amide bonds. The maximum absolute atomic E-state index is 12.9. The fourth-order valence-electron chi connectivity index (χ4n) is 4.68. The summed E-state index contributed by atoms with van der Waals surface area (Å²) in [6.07, 6.45) is 6.83. The van der Waals surface area contributed by atoms with Crippen LogP contribution in [0.4, 0.5) is 5.69 Å². The largest absolute Gasteiger partial charge is 0.360 e. The number of thiazole rings is 1. The number of piperidine rings is 1. The van der Waals surface area contributed by atoms with E-state index in [1.807, 2.05) is 36.5 Å². The molecule has 10 nitrogen and oxygen atoms in total. The lowest BCUT2D eigenvalue weighted by Crippen LogP contribution is -2.35. The van der Waals surface area contributed by atoms with E-state index in [1.165, 1.54) is 11.0 Å². The fourth-order valence-corrected chi connectivity index (χ4v) is 5.77. The van der Waals surface area contributed by atoms with E-state index in [1.54, 1.807) is 13.1 Å². The molecule has 1 fully saturated rings. The Morgan fingerprint density at radius 1 is 1.27 bits per heavy atom. The third kappa shape index (κ3) is 5.58. The van der Waals surface area contributed by atoms with Crippen molar-refractivity contribution < 1.29 is 4.79 Å². The van der Waals surface area contributed by atoms with E-state index in [4.69, 9.17) is 5.26 Å². The van der Waals surface area contributed by atoms with E-state index in [2.05, 4.69) is 32.2 Å². The first-order valence-electron chi connectivity index (χ1n) is 12.5. The van der Waals surface area contributed by atoms with Crippen LogP contribution in [0.5, 0.6) is 0 Å². The van der Waals surface area contributed by atoms with Crippen LogP contribution >= 0.6 is 11.3 Å². The van der Waals surface area contributed by atoms with Crippen molar-refractivity contribution in [3.05, 3.63) is 43.9 Å². The summed E-state index contributed by atoms with van der Waals surface area (Å²) < 4.78 is 4.16. The molecule has 4 rings (SSSR count). The van der Waals surface area contributed by atoms with Crippen molar-refractivity contribution in [3.8, 4) is 12.1 Å². The van der Waals surface area contributed by atoms with Crippen molar-refractivity contribution in [1.29, 1.82) is 10.5 Å². The molecular formula is C26H30N8O2S. The van der Waals surface area contributed by atoms with Crippen LogP contribution in [0.3, 0.4) is 0 Å². The Balaban J connectivity index is 1.59. The number of amides is 1. The van der Waals surface area contributed by atoms with Crippen LogP contribution in [0.2, 0.25) is 0 Å². The molecule has 37 heavy (non-hydrogen) atoms. The third-order valence-electron chi connectivity index (χ3n) is 6.51. The fraction of sp³-hybridized carbons (Fsp3) is 0.423. The lowest BCUT2D eigenvalue weighted by atomic mass is 10.0. The Hall–Kier alpha value is -3.93. The zero-order valence-corrected chi connectivity index (χ0v) is 21.8. The number of hydrogen-bond acceptors (Lipinski definition) is 8. The van der Waals surface area contributed by atoms with E-state index in [0.29, 0.717) is 17.1 Å². The van der Waals surface area contributed by atoms with Gasteiger partial charge in [0.25, 0.3) is 11.5 Å². The maximum atomic E-state index is 12.9. The minimum atomic E-state index is -0.675. The Kier molecular flexibility index (Phi) is 8.39. The number of nitrogens with zero attached hydrogens (tertiary/aromatic N) is 6. The predicted octanol–water partition coefficient (Wildman–Crippen LogP) is 1.49. The van der Waals surface area contributed by atoms with Gasteiger partial charge in [0.05, 0.1) is 23.8 Å². The molecule has 192 valence electrons. The Bertz CT molecular complexity index is 1540. The van der Waals surface area contributed by atoms with E-state index < -0.39 is 5.91 Å². The second-order valence-electron chi connectivity index (χ2n) is 8.87. The molecule has 0 aliphatic carbocycles. The number of rotatable bonds is 8. The standard InChI is InChI=1S/C26H30N8O2S/c1-3-11-32-12-7-20(8-13-32)34-22-6-5-19(14-18(22)16-31-34)30-17-23-25(36)33(4-2)26(37-23)21(15-28)24(35)29-10-9-27/h5-6,14,16-17,20,30H,3-4,7-8,10-13H2,1-2H3,(H,29,35)/b23-17-,26-21+. The molecule has 2 aromatic heterocycles. The lowest BCUT2D eigenvalue weighted by molar-refractivity contribution is -0.115. The molecule has 1 aliphatic heterocycles. The number of nitriles is 2. The summed E-state index contributed by atoms with van der Waals surface area (Å²) in [5.74, 6) is -0.675. The van der Waals surface area contributed by atoms with E-state index >= 15 is 0 Å². The van der Waals surface area contributed by atoms with Gasteiger partial charge >= 0.3 is 0 Å². The van der Waals surface area contributed by atoms with Crippen LogP contribution in [-0.2, 0) is 11.3 Å². The number of carbonyl (C=O) groups is 1. The second kappa shape index (κ2) is 11.9. The van der Waals surface area contributed by atoms with Gasteiger partial charge in [-0.15, -0.1) is 11.3 Å². The average molecular weight is 519 g/mol. The van der Waals surface area contributed by atoms with Gasteiger partial charge in [0.2, 0.25) is 0 Å². The van der Waals surface area contributed by atoms with Gasteiger partial charge in [0.15, 0.2) is 5.57 Å². The first kappa shape index (κ1) is 26.1. The van der Waals surface area contributed by atoms with E-state index in [9.17, 15) is 14.9 Å². The molecule has 0 radical (unpaired) electrons. The summed E-state index contributed by atoms with van der Waals surface area (Å²) in [5.41, 5.74) is 1.41. The highest BCUT2D eigenvalue weighted by molar-refractivity contribution is 7.07. The Morgan fingerprint density at radius 2 is 2.05 bits per heavy atom. The molecule has 0 saturated carbocycles. The monoisotopic (exact) mass is 518 g/mol. The molecule has 0 atom stereocenters. The van der Waals surface area contributed by atoms with Gasteiger partial charge in [-0.2, -0.15) is 15.6 Å². The predicted molar refractivity (Wildman–Crippen MR) is 144 cm³/mol. The van der Waals surface area contributed by atoms with E-state index in [0.717, 1.165) is 60.4 Å². The van der Waals surface area contributed by atoms with Gasteiger partial charge in [-0.1, -0.05) is 6.92 Å². The first-order chi connectivity index (χ1) is 18.0. The van der Waals surface area contributed by atoms with Gasteiger partial charge in [0.1, 0.15) is 21.8 Å². The van der Waals surface area contributed by atoms with Gasteiger partial charge in [-0.3, -0.25) is 18.8 Å². The van der Waals surface area contributed by atoms with Crippen molar-refractivity contribution in [1.82, 2.24) is 24.6 Å². The molecular weight excluding hydrogens is 488 g/mol. The highest BCUT2D eigenvalue weighted by atomic mass is 32.1. The summed E-state index contributed by atoms with van der Waals surface area (Å²) in [4.78, 5) is 27.8. The number of aromatic nitrogens is 3. The summed E-state index contributed by atoms with van der Waals surface area (Å²) in [6.45, 7) is 7.41. The number of likely N-dealkylation sites (tertiary alicyclic amines) is 1. The van der Waals surface area contributed by atoms with Gasteiger partial charge in [0, 0.05) is 36.9 Å². The van der Waals surface area contributed by atoms with Crippen molar-refractivity contribution in [2.45, 2.75) is 45.7 Å². The number of carbonyl (C=O) groups excluding carboxylic acids is 1. The molecule has 3 aromatic rings. The topological polar surface area (TPSA) is 132 Å². The molecule has 0 unspecified atom stereocenters. The zero-order chi connectivity index (χ0) is 26.4. The molecule has 0 bridgehead atoms. The highest BCUT2D eigenvalue weighted by Gasteiger charge is 2.22. The molecule has 11 heteroatoms. The zero-order valence-electron chi connectivity index (χ0n) is 21.0. The highest BCUT2D eigenvalue weighted by Crippen LogP contribution is 2.27. The molecule has 3 heterocycles. The van der Waals surface area contributed by atoms with Crippen LogP contribution < -0.4 is 25.4 Å². The number of nitrogens with one attached hydrogen (secondary N) is 2. The SMILES string of the molecule is CCCN1CCC(n2ncc3cc(N/C=c4\s/c(=C(\C#N)C(=O)NCC#N)n(CC)c4=O)ccc32)CC1. The minimum absolute atomic E-state index is 0.187. The number of hydrogen-bond donors (Lipinski definition) is 2. The normalized spacial score (nSPS) is 15.8. The van der Waals surface area contributed by atoms with Gasteiger partial charge in [-0.25, -0.2) is 0 Å². The Morgan fingerprint density at radius 3 is 2.73 bits per heavy atom. The summed E-state index contributed by atoms with van der Waals surface area (Å²) in [5, 5.41) is 29.5. The molecule has 0 spiro atoms. The van der Waals surface area contributed by atoms with Crippen LogP contribution in [0.15, 0.2) is 29.2 Å². The second-order valence-corrected chi connectivity index (χ2v) is 9.90. The number of anilines is 1. The maximum Gasteiger partial charge on any atom is 0.270 e. The smallest absolute Gasteiger partial charge is 0.270 e. The summed E-state index contributed by atoms with van der Waals surface area (Å²) in [7, 11) is 0. The van der Waals surface area contributed by atoms with E-state index in [-0.39, 0.29) is 22.3 Å². The van der Waals surface area contributed by atoms with Crippen molar-refractivity contribution in [2.24, 2.45) is 0 Å². The molecule has 1 saturated heterocycles. The van der Waals surface area contributed by atoms with Crippen molar-refractivity contribution >= 4 is 45.6 Å². The molecule has 1 aliphatic rings. The Labute approximate surface area is 218 Å². The van der Waals surface area contributed by atoms with Gasteiger partial charge in [-0.05, 0) is 50.9 Å². The van der Waals surface area contributed by atoms with Gasteiger partial charge < -0.3 is 15.5 Å². The van der Waals surface area contributed by atoms with Crippen LogP contribution in [0.1, 0.15) is 39.2 Å². The van der Waals surface area contributed by atoms with Crippen molar-refractivity contribution in [3.63, 3.8) is 0 Å². The molecule has 1 aromatic carbocycles. The summed E-state index contributed by atoms with van der Waals surface area (Å²) in [6, 6.07) is 10.1.